The Morgan fingerprint density at radius 2 is 1.93 bits per heavy atom. The van der Waals surface area contributed by atoms with E-state index in [0.29, 0.717) is 43.3 Å². The van der Waals surface area contributed by atoms with Crippen molar-refractivity contribution in [3.05, 3.63) is 53.6 Å². The minimum atomic E-state index is -4.49. The van der Waals surface area contributed by atoms with E-state index in [0.717, 1.165) is 12.1 Å². The molecule has 150 valence electrons. The van der Waals surface area contributed by atoms with E-state index in [1.54, 1.807) is 24.3 Å². The highest BCUT2D eigenvalue weighted by Gasteiger charge is 2.32. The van der Waals surface area contributed by atoms with Gasteiger partial charge >= 0.3 is 6.18 Å². The molecule has 1 fully saturated rings. The van der Waals surface area contributed by atoms with E-state index in [4.69, 9.17) is 9.47 Å². The zero-order chi connectivity index (χ0) is 20.1. The van der Waals surface area contributed by atoms with Gasteiger partial charge in [-0.25, -0.2) is 0 Å². The van der Waals surface area contributed by atoms with E-state index in [9.17, 15) is 18.0 Å². The van der Waals surface area contributed by atoms with Crippen LogP contribution >= 0.6 is 0 Å². The summed E-state index contributed by atoms with van der Waals surface area (Å²) in [6.45, 7) is 2.06. The standard InChI is InChI=1S/C20H21F3N2O3/c1-27-16-4-2-3-14(11-16)12-19(26)24-17-13-15(20(21,22)23)5-6-18(17)25-7-9-28-10-8-25/h2-6,11,13H,7-10,12H2,1H3,(H,24,26). The van der Waals surface area contributed by atoms with Crippen LogP contribution in [0.25, 0.3) is 0 Å². The van der Waals surface area contributed by atoms with Crippen LogP contribution in [0, 0.1) is 0 Å². The fourth-order valence-corrected chi connectivity index (χ4v) is 3.05. The number of carbonyl (C=O) groups excluding carboxylic acids is 1. The van der Waals surface area contributed by atoms with Crippen molar-refractivity contribution in [3.8, 4) is 5.75 Å². The average Bonchev–Trinajstić information content (AvgIpc) is 2.68. The van der Waals surface area contributed by atoms with Crippen LogP contribution in [-0.4, -0.2) is 39.3 Å². The molecule has 0 radical (unpaired) electrons. The van der Waals surface area contributed by atoms with E-state index >= 15 is 0 Å². The molecule has 1 aliphatic rings. The molecule has 0 unspecified atom stereocenters. The molecule has 1 N–H and O–H groups in total. The van der Waals surface area contributed by atoms with Gasteiger partial charge in [-0.15, -0.1) is 0 Å². The smallest absolute Gasteiger partial charge is 0.416 e. The number of nitrogens with one attached hydrogen (secondary N) is 1. The predicted molar refractivity (Wildman–Crippen MR) is 99.8 cm³/mol. The molecule has 0 aliphatic carbocycles. The van der Waals surface area contributed by atoms with Gasteiger partial charge < -0.3 is 19.7 Å². The number of carbonyl (C=O) groups is 1. The van der Waals surface area contributed by atoms with Crippen LogP contribution in [0.2, 0.25) is 0 Å². The molecular weight excluding hydrogens is 373 g/mol. The van der Waals surface area contributed by atoms with Gasteiger partial charge in [0.15, 0.2) is 0 Å². The first kappa shape index (κ1) is 20.0. The van der Waals surface area contributed by atoms with Crippen LogP contribution in [0.5, 0.6) is 5.75 Å². The Labute approximate surface area is 161 Å². The molecule has 2 aromatic rings. The number of hydrogen-bond acceptors (Lipinski definition) is 4. The van der Waals surface area contributed by atoms with Gasteiger partial charge in [-0.3, -0.25) is 4.79 Å². The number of amides is 1. The number of methoxy groups -OCH3 is 1. The van der Waals surface area contributed by atoms with E-state index in [-0.39, 0.29) is 12.1 Å². The second kappa shape index (κ2) is 8.52. The van der Waals surface area contributed by atoms with Crippen LogP contribution in [0.4, 0.5) is 24.5 Å². The van der Waals surface area contributed by atoms with Crippen LogP contribution in [0.3, 0.4) is 0 Å². The largest absolute Gasteiger partial charge is 0.497 e. The third-order valence-electron chi connectivity index (χ3n) is 4.45. The van der Waals surface area contributed by atoms with Gasteiger partial charge in [0.05, 0.1) is 43.7 Å². The van der Waals surface area contributed by atoms with Gasteiger partial charge in [-0.1, -0.05) is 12.1 Å². The van der Waals surface area contributed by atoms with Crippen molar-refractivity contribution >= 4 is 17.3 Å². The normalized spacial score (nSPS) is 14.6. The molecule has 1 heterocycles. The van der Waals surface area contributed by atoms with Gasteiger partial charge in [0.1, 0.15) is 5.75 Å². The Morgan fingerprint density at radius 1 is 1.18 bits per heavy atom. The summed E-state index contributed by atoms with van der Waals surface area (Å²) in [4.78, 5) is 14.4. The molecule has 3 rings (SSSR count). The van der Waals surface area contributed by atoms with Crippen LogP contribution in [0.15, 0.2) is 42.5 Å². The molecule has 0 aromatic heterocycles. The third-order valence-corrected chi connectivity index (χ3v) is 4.45. The summed E-state index contributed by atoms with van der Waals surface area (Å²) >= 11 is 0. The summed E-state index contributed by atoms with van der Waals surface area (Å²) in [7, 11) is 1.52. The summed E-state index contributed by atoms with van der Waals surface area (Å²) in [5, 5.41) is 2.64. The topological polar surface area (TPSA) is 50.8 Å². The van der Waals surface area contributed by atoms with Crippen molar-refractivity contribution in [2.75, 3.05) is 43.6 Å². The van der Waals surface area contributed by atoms with E-state index in [2.05, 4.69) is 5.32 Å². The number of hydrogen-bond donors (Lipinski definition) is 1. The molecular formula is C20H21F3N2O3. The molecule has 8 heteroatoms. The Morgan fingerprint density at radius 3 is 2.61 bits per heavy atom. The molecule has 1 aliphatic heterocycles. The number of rotatable bonds is 5. The Kier molecular flexibility index (Phi) is 6.08. The highest BCUT2D eigenvalue weighted by atomic mass is 19.4. The number of nitrogens with zero attached hydrogens (tertiary/aromatic N) is 1. The van der Waals surface area contributed by atoms with Gasteiger partial charge in [0.25, 0.3) is 0 Å². The number of morpholine rings is 1. The fraction of sp³-hybridized carbons (Fsp3) is 0.350. The number of anilines is 2. The first-order chi connectivity index (χ1) is 13.4. The summed E-state index contributed by atoms with van der Waals surface area (Å²) in [6, 6.07) is 10.4. The molecule has 1 amide bonds. The molecule has 2 aromatic carbocycles. The summed E-state index contributed by atoms with van der Waals surface area (Å²) in [5.41, 5.74) is 0.595. The molecule has 5 nitrogen and oxygen atoms in total. The summed E-state index contributed by atoms with van der Waals surface area (Å²) in [5.74, 6) is 0.209. The minimum absolute atomic E-state index is 0.0238. The fourth-order valence-electron chi connectivity index (χ4n) is 3.05. The SMILES string of the molecule is COc1cccc(CC(=O)Nc2cc(C(F)(F)F)ccc2N2CCOCC2)c1. The first-order valence-corrected chi connectivity index (χ1v) is 8.83. The first-order valence-electron chi connectivity index (χ1n) is 8.83. The molecule has 0 bridgehead atoms. The van der Waals surface area contributed by atoms with Crippen molar-refractivity contribution in [1.29, 1.82) is 0 Å². The molecule has 1 saturated heterocycles. The van der Waals surface area contributed by atoms with Gasteiger partial charge in [-0.2, -0.15) is 13.2 Å². The lowest BCUT2D eigenvalue weighted by Gasteiger charge is -2.31. The average molecular weight is 394 g/mol. The molecule has 28 heavy (non-hydrogen) atoms. The third kappa shape index (κ3) is 4.95. The second-order valence-corrected chi connectivity index (χ2v) is 6.41. The second-order valence-electron chi connectivity index (χ2n) is 6.41. The quantitative estimate of drug-likeness (QED) is 0.840. The van der Waals surface area contributed by atoms with Crippen LogP contribution in [0.1, 0.15) is 11.1 Å². The highest BCUT2D eigenvalue weighted by molar-refractivity contribution is 5.95. The monoisotopic (exact) mass is 394 g/mol. The van der Waals surface area contributed by atoms with Crippen molar-refractivity contribution in [1.82, 2.24) is 0 Å². The van der Waals surface area contributed by atoms with E-state index < -0.39 is 17.6 Å². The number of alkyl halides is 3. The molecule has 0 spiro atoms. The Bertz CT molecular complexity index is 834. The van der Waals surface area contributed by atoms with E-state index in [1.165, 1.54) is 13.2 Å². The maximum Gasteiger partial charge on any atom is 0.416 e. The lowest BCUT2D eigenvalue weighted by atomic mass is 10.1. The lowest BCUT2D eigenvalue weighted by Crippen LogP contribution is -2.37. The zero-order valence-electron chi connectivity index (χ0n) is 15.4. The Hall–Kier alpha value is -2.74. The number of benzene rings is 2. The van der Waals surface area contributed by atoms with Crippen molar-refractivity contribution < 1.29 is 27.4 Å². The number of ether oxygens (including phenoxy) is 2. The number of halogens is 3. The van der Waals surface area contributed by atoms with Crippen LogP contribution < -0.4 is 15.0 Å². The van der Waals surface area contributed by atoms with Gasteiger partial charge in [0.2, 0.25) is 5.91 Å². The molecule has 0 atom stereocenters. The predicted octanol–water partition coefficient (Wildman–Crippen LogP) is 3.73. The minimum Gasteiger partial charge on any atom is -0.497 e. The van der Waals surface area contributed by atoms with E-state index in [1.807, 2.05) is 4.90 Å². The Balaban J connectivity index is 1.83. The maximum absolute atomic E-state index is 13.1. The van der Waals surface area contributed by atoms with Gasteiger partial charge in [-0.05, 0) is 35.9 Å². The maximum atomic E-state index is 13.1. The van der Waals surface area contributed by atoms with Crippen LogP contribution in [-0.2, 0) is 22.1 Å². The van der Waals surface area contributed by atoms with Crippen molar-refractivity contribution in [2.45, 2.75) is 12.6 Å². The highest BCUT2D eigenvalue weighted by Crippen LogP contribution is 2.35. The lowest BCUT2D eigenvalue weighted by molar-refractivity contribution is -0.137. The van der Waals surface area contributed by atoms with Crippen molar-refractivity contribution in [3.63, 3.8) is 0 Å². The van der Waals surface area contributed by atoms with Crippen molar-refractivity contribution in [2.24, 2.45) is 0 Å². The summed E-state index contributed by atoms with van der Waals surface area (Å²) in [6.07, 6.45) is -4.47. The molecule has 0 saturated carbocycles. The van der Waals surface area contributed by atoms with Gasteiger partial charge in [0, 0.05) is 13.1 Å². The zero-order valence-corrected chi connectivity index (χ0v) is 15.4. The summed E-state index contributed by atoms with van der Waals surface area (Å²) < 4.78 is 49.9.